The first-order valence-corrected chi connectivity index (χ1v) is 9.15. The monoisotopic (exact) mass is 369 g/mol. The molecule has 0 N–H and O–H groups in total. The van der Waals surface area contributed by atoms with Gasteiger partial charge in [-0.3, -0.25) is 0 Å². The van der Waals surface area contributed by atoms with E-state index in [4.69, 9.17) is 9.47 Å². The van der Waals surface area contributed by atoms with Gasteiger partial charge < -0.3 is 14.7 Å². The molecule has 4 rings (SSSR count). The number of nitrogens with zero attached hydrogens (tertiary/aromatic N) is 1. The van der Waals surface area contributed by atoms with Gasteiger partial charge in [0.05, 0.1) is 6.61 Å². The highest BCUT2D eigenvalue weighted by molar-refractivity contribution is 7.98. The lowest BCUT2D eigenvalue weighted by atomic mass is 10.1. The minimum absolute atomic E-state index is 0.275. The van der Waals surface area contributed by atoms with Gasteiger partial charge in [0.2, 0.25) is 6.29 Å². The summed E-state index contributed by atoms with van der Waals surface area (Å²) in [5.41, 5.74) is 2.29. The smallest absolute Gasteiger partial charge is 0.251 e. The molecule has 1 aromatic heterocycles. The van der Waals surface area contributed by atoms with Gasteiger partial charge in [0.1, 0.15) is 11.6 Å². The van der Waals surface area contributed by atoms with Gasteiger partial charge in [-0.25, -0.2) is 4.39 Å². The van der Waals surface area contributed by atoms with Crippen molar-refractivity contribution >= 4 is 11.8 Å². The van der Waals surface area contributed by atoms with Crippen LogP contribution in [0.3, 0.4) is 0 Å². The lowest BCUT2D eigenvalue weighted by Crippen LogP contribution is -2.27. The van der Waals surface area contributed by atoms with Crippen molar-refractivity contribution in [1.82, 2.24) is 0 Å². The number of rotatable bonds is 4. The fourth-order valence-electron chi connectivity index (χ4n) is 2.83. The van der Waals surface area contributed by atoms with Crippen molar-refractivity contribution in [3.8, 4) is 5.75 Å². The Labute approximate surface area is 154 Å². The predicted molar refractivity (Wildman–Crippen MR) is 96.0 cm³/mol. The molecule has 26 heavy (non-hydrogen) atoms. The number of ether oxygens (including phenoxy) is 2. The van der Waals surface area contributed by atoms with Gasteiger partial charge in [0.15, 0.2) is 6.20 Å². The van der Waals surface area contributed by atoms with Crippen LogP contribution < -0.4 is 9.47 Å². The molecule has 2 heterocycles. The van der Waals surface area contributed by atoms with Crippen molar-refractivity contribution in [3.63, 3.8) is 0 Å². The second-order valence-electron chi connectivity index (χ2n) is 5.88. The zero-order chi connectivity index (χ0) is 17.9. The Morgan fingerprint density at radius 1 is 1.12 bits per heavy atom. The van der Waals surface area contributed by atoms with Crippen LogP contribution in [-0.2, 0) is 17.1 Å². The Bertz CT molecular complexity index is 920. The van der Waals surface area contributed by atoms with Crippen LogP contribution in [0.25, 0.3) is 0 Å². The van der Waals surface area contributed by atoms with E-state index in [1.165, 1.54) is 30.1 Å². The van der Waals surface area contributed by atoms with Gasteiger partial charge >= 0.3 is 0 Å². The van der Waals surface area contributed by atoms with E-state index in [1.54, 1.807) is 18.2 Å². The van der Waals surface area contributed by atoms with Crippen molar-refractivity contribution < 1.29 is 18.6 Å². The number of aromatic nitrogens is 1. The highest BCUT2D eigenvalue weighted by Crippen LogP contribution is 2.38. The molecule has 0 saturated carbocycles. The average Bonchev–Trinajstić information content (AvgIpc) is 2.67. The van der Waals surface area contributed by atoms with E-state index < -0.39 is 6.29 Å². The fourth-order valence-corrected chi connectivity index (χ4v) is 3.72. The van der Waals surface area contributed by atoms with E-state index in [9.17, 15) is 9.60 Å². The maximum Gasteiger partial charge on any atom is 0.251 e. The molecule has 0 unspecified atom stereocenters. The summed E-state index contributed by atoms with van der Waals surface area (Å²) in [6.45, 7) is 0.275. The van der Waals surface area contributed by atoms with Gasteiger partial charge in [-0.05, 0) is 18.2 Å². The Hall–Kier alpha value is -2.57. The zero-order valence-electron chi connectivity index (χ0n) is 13.8. The van der Waals surface area contributed by atoms with E-state index in [0.29, 0.717) is 27.7 Å². The molecule has 0 spiro atoms. The second kappa shape index (κ2) is 7.35. The molecule has 1 aliphatic heterocycles. The number of hydrogen-bond donors (Lipinski definition) is 0. The van der Waals surface area contributed by atoms with Crippen LogP contribution in [0.2, 0.25) is 0 Å². The van der Waals surface area contributed by atoms with E-state index in [0.717, 1.165) is 10.3 Å². The lowest BCUT2D eigenvalue weighted by Gasteiger charge is -2.28. The van der Waals surface area contributed by atoms with Crippen LogP contribution in [0.1, 0.15) is 23.0 Å². The summed E-state index contributed by atoms with van der Waals surface area (Å²) in [7, 11) is 0. The summed E-state index contributed by atoms with van der Waals surface area (Å²) < 4.78 is 26.6. The summed E-state index contributed by atoms with van der Waals surface area (Å²) in [5, 5.41) is 12.4. The molecule has 0 aliphatic carbocycles. The minimum atomic E-state index is -0.529. The molecule has 3 aromatic rings. The van der Waals surface area contributed by atoms with Gasteiger partial charge in [-0.15, -0.1) is 0 Å². The Morgan fingerprint density at radius 3 is 2.73 bits per heavy atom. The van der Waals surface area contributed by atoms with Gasteiger partial charge in [0, 0.05) is 34.6 Å². The van der Waals surface area contributed by atoms with Crippen molar-refractivity contribution in [2.75, 3.05) is 0 Å². The lowest BCUT2D eigenvalue weighted by molar-refractivity contribution is -0.645. The summed E-state index contributed by atoms with van der Waals surface area (Å²) in [4.78, 5) is 0. The van der Waals surface area contributed by atoms with Crippen LogP contribution in [-0.4, -0.2) is 0 Å². The average molecular weight is 369 g/mol. The molecule has 1 aliphatic rings. The molecule has 132 valence electrons. The molecule has 0 saturated heterocycles. The van der Waals surface area contributed by atoms with Crippen LogP contribution in [0.15, 0.2) is 71.9 Å². The van der Waals surface area contributed by atoms with E-state index in [-0.39, 0.29) is 12.4 Å². The molecule has 0 radical (unpaired) electrons. The molecule has 4 nitrogen and oxygen atoms in total. The molecule has 1 atom stereocenters. The number of thioether (sulfide) groups is 1. The van der Waals surface area contributed by atoms with Crippen molar-refractivity contribution in [3.05, 3.63) is 94.6 Å². The second-order valence-corrected chi connectivity index (χ2v) is 6.87. The third kappa shape index (κ3) is 3.52. The van der Waals surface area contributed by atoms with Crippen LogP contribution in [0, 0.1) is 11.0 Å². The Morgan fingerprint density at radius 2 is 1.92 bits per heavy atom. The molecule has 0 amide bonds. The van der Waals surface area contributed by atoms with Crippen LogP contribution in [0.5, 0.6) is 5.75 Å². The SMILES string of the molecule is [O-][n+]1ccccc1SCc1cc(F)cc2c1O[C@H](c1ccccc1)OC2. The highest BCUT2D eigenvalue weighted by atomic mass is 32.2. The third-order valence-corrected chi connectivity index (χ3v) is 5.13. The molecule has 6 heteroatoms. The summed E-state index contributed by atoms with van der Waals surface area (Å²) in [5.74, 6) is 0.716. The Balaban J connectivity index is 1.60. The van der Waals surface area contributed by atoms with Crippen molar-refractivity contribution in [2.45, 2.75) is 23.7 Å². The molecular weight excluding hydrogens is 353 g/mol. The largest absolute Gasteiger partial charge is 0.618 e. The maximum atomic E-state index is 14.0. The topological polar surface area (TPSA) is 45.4 Å². The summed E-state index contributed by atoms with van der Waals surface area (Å²) in [6, 6.07) is 17.7. The van der Waals surface area contributed by atoms with E-state index in [2.05, 4.69) is 0 Å². The van der Waals surface area contributed by atoms with E-state index >= 15 is 0 Å². The van der Waals surface area contributed by atoms with Crippen LogP contribution >= 0.6 is 11.8 Å². The summed E-state index contributed by atoms with van der Waals surface area (Å²) in [6.07, 6.45) is 0.915. The van der Waals surface area contributed by atoms with Gasteiger partial charge in [-0.2, -0.15) is 4.73 Å². The van der Waals surface area contributed by atoms with Gasteiger partial charge in [-0.1, -0.05) is 42.1 Å². The number of fused-ring (bicyclic) bond motifs is 1. The van der Waals surface area contributed by atoms with Crippen molar-refractivity contribution in [2.24, 2.45) is 0 Å². The maximum absolute atomic E-state index is 14.0. The predicted octanol–water partition coefficient (Wildman–Crippen LogP) is 4.36. The molecule has 0 bridgehead atoms. The first kappa shape index (κ1) is 16.9. The number of pyridine rings is 1. The molecule has 2 aromatic carbocycles. The van der Waals surface area contributed by atoms with E-state index in [1.807, 2.05) is 30.3 Å². The fraction of sp³-hybridized carbons (Fsp3) is 0.150. The highest BCUT2D eigenvalue weighted by Gasteiger charge is 2.25. The van der Waals surface area contributed by atoms with Crippen LogP contribution in [0.4, 0.5) is 4.39 Å². The first-order chi connectivity index (χ1) is 12.7. The summed E-state index contributed by atoms with van der Waals surface area (Å²) >= 11 is 1.34. The quantitative estimate of drug-likeness (QED) is 0.389. The van der Waals surface area contributed by atoms with Gasteiger partial charge in [0.25, 0.3) is 5.03 Å². The standard InChI is InChI=1S/C20H16FNO3S/c21-17-10-15-12-24-20(14-6-2-1-3-7-14)25-19(15)16(11-17)13-26-18-8-4-5-9-22(18)23/h1-11,20H,12-13H2/t20-/m1/s1. The number of halogens is 1. The normalized spacial score (nSPS) is 16.0. The zero-order valence-corrected chi connectivity index (χ0v) is 14.6. The first-order valence-electron chi connectivity index (χ1n) is 8.16. The minimum Gasteiger partial charge on any atom is -0.618 e. The Kier molecular flexibility index (Phi) is 4.77. The number of benzene rings is 2. The number of hydrogen-bond acceptors (Lipinski definition) is 4. The molecule has 0 fully saturated rings. The van der Waals surface area contributed by atoms with Crippen molar-refractivity contribution in [1.29, 1.82) is 0 Å². The third-order valence-electron chi connectivity index (χ3n) is 4.06. The molecular formula is C20H16FNO3S.